The Morgan fingerprint density at radius 1 is 0.976 bits per heavy atom. The van der Waals surface area contributed by atoms with Gasteiger partial charge >= 0.3 is 5.97 Å². The van der Waals surface area contributed by atoms with E-state index >= 15 is 0 Å². The van der Waals surface area contributed by atoms with E-state index in [-0.39, 0.29) is 25.2 Å². The molecule has 1 fully saturated rings. The predicted molar refractivity (Wildman–Crippen MR) is 157 cm³/mol. The zero-order valence-electron chi connectivity index (χ0n) is 24.3. The summed E-state index contributed by atoms with van der Waals surface area (Å²) < 4.78 is 22.0. The van der Waals surface area contributed by atoms with Gasteiger partial charge in [-0.2, -0.15) is 0 Å². The molecule has 2 aliphatic heterocycles. The minimum atomic E-state index is -0.912. The summed E-state index contributed by atoms with van der Waals surface area (Å²) >= 11 is 0. The molecule has 0 saturated carbocycles. The molecule has 3 aromatic carbocycles. The van der Waals surface area contributed by atoms with Crippen molar-refractivity contribution in [2.75, 3.05) is 40.6 Å². The number of carboxylic acid groups (broad SMARTS) is 1. The molecular weight excluding hydrogens is 536 g/mol. The van der Waals surface area contributed by atoms with Crippen LogP contribution in [0.1, 0.15) is 48.4 Å². The third kappa shape index (κ3) is 6.16. The number of hydrogen-bond acceptors (Lipinski definition) is 7. The maximum atomic E-state index is 14.0. The Morgan fingerprint density at radius 3 is 2.43 bits per heavy atom. The number of carboxylic acids is 1. The summed E-state index contributed by atoms with van der Waals surface area (Å²) in [7, 11) is 3.22. The first-order valence-corrected chi connectivity index (χ1v) is 14.3. The Hall–Kier alpha value is -4.24. The van der Waals surface area contributed by atoms with Crippen LogP contribution in [0.5, 0.6) is 23.0 Å². The highest BCUT2D eigenvalue weighted by Crippen LogP contribution is 2.47. The molecule has 222 valence electrons. The lowest BCUT2D eigenvalue weighted by Crippen LogP contribution is -2.41. The Kier molecular flexibility index (Phi) is 9.17. The van der Waals surface area contributed by atoms with E-state index in [0.29, 0.717) is 36.9 Å². The number of nitrogens with zero attached hydrogens (tertiary/aromatic N) is 2. The molecule has 2 aliphatic rings. The zero-order valence-corrected chi connectivity index (χ0v) is 24.3. The van der Waals surface area contributed by atoms with Gasteiger partial charge in [0.25, 0.3) is 0 Å². The fourth-order valence-electron chi connectivity index (χ4n) is 6.03. The van der Waals surface area contributed by atoms with Gasteiger partial charge in [0.2, 0.25) is 12.7 Å². The normalized spacial score (nSPS) is 19.5. The SMILES string of the molecule is CCCCN(Cc1ccccc1OC)C(=O)CN1C[C@H](c2ccc3c(c2)OCO3)[C@H](C(=O)O)[C@H]1c1ccc(OC)cc1. The number of aliphatic carboxylic acids is 1. The number of benzene rings is 3. The van der Waals surface area contributed by atoms with E-state index in [0.717, 1.165) is 35.3 Å². The summed E-state index contributed by atoms with van der Waals surface area (Å²) in [6.07, 6.45) is 1.81. The lowest BCUT2D eigenvalue weighted by atomic mass is 9.82. The van der Waals surface area contributed by atoms with Crippen LogP contribution in [0.4, 0.5) is 0 Å². The van der Waals surface area contributed by atoms with Gasteiger partial charge in [-0.05, 0) is 47.9 Å². The molecule has 0 unspecified atom stereocenters. The van der Waals surface area contributed by atoms with Crippen molar-refractivity contribution < 1.29 is 33.6 Å². The molecule has 0 spiro atoms. The van der Waals surface area contributed by atoms with E-state index in [9.17, 15) is 14.7 Å². The molecule has 1 amide bonds. The largest absolute Gasteiger partial charge is 0.497 e. The first-order chi connectivity index (χ1) is 20.4. The van der Waals surface area contributed by atoms with Crippen molar-refractivity contribution in [3.63, 3.8) is 0 Å². The van der Waals surface area contributed by atoms with Gasteiger partial charge in [-0.15, -0.1) is 0 Å². The monoisotopic (exact) mass is 574 g/mol. The number of carbonyl (C=O) groups excluding carboxylic acids is 1. The second kappa shape index (κ2) is 13.2. The van der Waals surface area contributed by atoms with E-state index in [1.54, 1.807) is 14.2 Å². The third-order valence-electron chi connectivity index (χ3n) is 8.19. The molecular formula is C33H38N2O7. The number of carbonyl (C=O) groups is 2. The molecule has 3 aromatic rings. The van der Waals surface area contributed by atoms with Crippen LogP contribution in [0.25, 0.3) is 0 Å². The summed E-state index contributed by atoms with van der Waals surface area (Å²) in [5.41, 5.74) is 2.60. The van der Waals surface area contributed by atoms with Gasteiger partial charge in [-0.3, -0.25) is 14.5 Å². The smallest absolute Gasteiger partial charge is 0.309 e. The maximum absolute atomic E-state index is 14.0. The Morgan fingerprint density at radius 2 is 1.71 bits per heavy atom. The van der Waals surface area contributed by atoms with Crippen LogP contribution < -0.4 is 18.9 Å². The molecule has 0 aromatic heterocycles. The fraction of sp³-hybridized carbons (Fsp3) is 0.394. The van der Waals surface area contributed by atoms with E-state index in [2.05, 4.69) is 6.92 Å². The summed E-state index contributed by atoms with van der Waals surface area (Å²) in [5, 5.41) is 10.6. The quantitative estimate of drug-likeness (QED) is 0.319. The highest BCUT2D eigenvalue weighted by atomic mass is 16.7. The van der Waals surface area contributed by atoms with Gasteiger partial charge in [0.1, 0.15) is 11.5 Å². The number of rotatable bonds is 12. The highest BCUT2D eigenvalue weighted by molar-refractivity contribution is 5.79. The van der Waals surface area contributed by atoms with E-state index in [1.807, 2.05) is 76.5 Å². The molecule has 0 aliphatic carbocycles. The summed E-state index contributed by atoms with van der Waals surface area (Å²) in [5.74, 6) is 0.549. The van der Waals surface area contributed by atoms with Crippen molar-refractivity contribution in [3.05, 3.63) is 83.4 Å². The summed E-state index contributed by atoms with van der Waals surface area (Å²) in [6.45, 7) is 3.73. The van der Waals surface area contributed by atoms with Crippen molar-refractivity contribution in [1.29, 1.82) is 0 Å². The first kappa shape index (κ1) is 29.3. The van der Waals surface area contributed by atoms with Crippen molar-refractivity contribution in [3.8, 4) is 23.0 Å². The molecule has 0 radical (unpaired) electrons. The van der Waals surface area contributed by atoms with Crippen LogP contribution in [0.15, 0.2) is 66.7 Å². The fourth-order valence-corrected chi connectivity index (χ4v) is 6.03. The lowest BCUT2D eigenvalue weighted by Gasteiger charge is -2.30. The zero-order chi connectivity index (χ0) is 29.6. The number of para-hydroxylation sites is 1. The van der Waals surface area contributed by atoms with Gasteiger partial charge in [-0.25, -0.2) is 0 Å². The predicted octanol–water partition coefficient (Wildman–Crippen LogP) is 5.10. The second-order valence-electron chi connectivity index (χ2n) is 10.7. The summed E-state index contributed by atoms with van der Waals surface area (Å²) in [4.78, 5) is 30.8. The molecule has 1 N–H and O–H groups in total. The molecule has 0 bridgehead atoms. The Bertz CT molecular complexity index is 1390. The lowest BCUT2D eigenvalue weighted by molar-refractivity contribution is -0.144. The van der Waals surface area contributed by atoms with Crippen LogP contribution in [-0.2, 0) is 16.1 Å². The first-order valence-electron chi connectivity index (χ1n) is 14.3. The van der Waals surface area contributed by atoms with Gasteiger partial charge in [-0.1, -0.05) is 49.7 Å². The highest BCUT2D eigenvalue weighted by Gasteiger charge is 2.48. The Balaban J connectivity index is 1.47. The van der Waals surface area contributed by atoms with Crippen LogP contribution in [-0.4, -0.2) is 67.4 Å². The number of methoxy groups -OCH3 is 2. The third-order valence-corrected chi connectivity index (χ3v) is 8.19. The van der Waals surface area contributed by atoms with E-state index in [4.69, 9.17) is 18.9 Å². The summed E-state index contributed by atoms with van der Waals surface area (Å²) in [6, 6.07) is 20.2. The van der Waals surface area contributed by atoms with Gasteiger partial charge in [0.15, 0.2) is 11.5 Å². The average Bonchev–Trinajstić information content (AvgIpc) is 3.64. The molecule has 1 saturated heterocycles. The minimum absolute atomic E-state index is 0.0525. The van der Waals surface area contributed by atoms with Gasteiger partial charge in [0, 0.05) is 37.2 Å². The van der Waals surface area contributed by atoms with Crippen LogP contribution in [0.3, 0.4) is 0 Å². The minimum Gasteiger partial charge on any atom is -0.497 e. The maximum Gasteiger partial charge on any atom is 0.309 e. The number of amides is 1. The van der Waals surface area contributed by atoms with E-state index in [1.165, 1.54) is 0 Å². The number of likely N-dealkylation sites (tertiary alicyclic amines) is 1. The van der Waals surface area contributed by atoms with Crippen molar-refractivity contribution >= 4 is 11.9 Å². The van der Waals surface area contributed by atoms with Crippen LogP contribution in [0.2, 0.25) is 0 Å². The van der Waals surface area contributed by atoms with Crippen molar-refractivity contribution in [2.24, 2.45) is 5.92 Å². The number of hydrogen-bond donors (Lipinski definition) is 1. The molecule has 42 heavy (non-hydrogen) atoms. The molecule has 3 atom stereocenters. The molecule has 5 rings (SSSR count). The topological polar surface area (TPSA) is 97.8 Å². The van der Waals surface area contributed by atoms with Crippen LogP contribution >= 0.6 is 0 Å². The van der Waals surface area contributed by atoms with Crippen molar-refractivity contribution in [1.82, 2.24) is 9.80 Å². The van der Waals surface area contributed by atoms with Crippen molar-refractivity contribution in [2.45, 2.75) is 38.3 Å². The number of unbranched alkanes of at least 4 members (excludes halogenated alkanes) is 1. The number of fused-ring (bicyclic) bond motifs is 1. The standard InChI is InChI=1S/C33H38N2O7/c1-4-5-16-34(18-24-8-6-7-9-27(24)40-3)30(36)20-35-19-26(23-12-15-28-29(17-23)42-21-41-28)31(33(37)38)32(35)22-10-13-25(39-2)14-11-22/h6-15,17,26,31-32H,4-5,16,18-21H2,1-3H3,(H,37,38)/t26-,31+,32-/m1/s1. The van der Waals surface area contributed by atoms with E-state index < -0.39 is 17.9 Å². The molecule has 9 nitrogen and oxygen atoms in total. The second-order valence-corrected chi connectivity index (χ2v) is 10.7. The van der Waals surface area contributed by atoms with Gasteiger partial charge < -0.3 is 29.0 Å². The molecule has 2 heterocycles. The average molecular weight is 575 g/mol. The Labute approximate surface area is 246 Å². The number of ether oxygens (including phenoxy) is 4. The van der Waals surface area contributed by atoms with Gasteiger partial charge in [0.05, 0.1) is 26.7 Å². The van der Waals surface area contributed by atoms with Crippen LogP contribution in [0, 0.1) is 5.92 Å². The molecule has 9 heteroatoms.